The number of piperidine rings is 1. The van der Waals surface area contributed by atoms with Gasteiger partial charge in [0.05, 0.1) is 11.6 Å². The van der Waals surface area contributed by atoms with Crippen LogP contribution in [-0.2, 0) is 11.2 Å². The van der Waals surface area contributed by atoms with Crippen LogP contribution < -0.4 is 10.2 Å². The zero-order valence-corrected chi connectivity index (χ0v) is 16.5. The zero-order chi connectivity index (χ0) is 19.9. The fourth-order valence-electron chi connectivity index (χ4n) is 3.78. The Morgan fingerprint density at radius 2 is 1.72 bits per heavy atom. The van der Waals surface area contributed by atoms with Crippen LogP contribution in [0.4, 0.5) is 5.82 Å². The Balaban J connectivity index is 1.32. The number of hydrogen-bond donors (Lipinski definition) is 1. The molecule has 1 fully saturated rings. The van der Waals surface area contributed by atoms with Crippen molar-refractivity contribution in [3.63, 3.8) is 0 Å². The summed E-state index contributed by atoms with van der Waals surface area (Å²) in [6.45, 7) is 2.27. The second-order valence-corrected chi connectivity index (χ2v) is 7.45. The first-order valence-corrected chi connectivity index (χ1v) is 10.3. The van der Waals surface area contributed by atoms with E-state index in [9.17, 15) is 4.79 Å². The van der Waals surface area contributed by atoms with Crippen LogP contribution in [0.25, 0.3) is 11.3 Å². The van der Waals surface area contributed by atoms with Crippen molar-refractivity contribution in [2.75, 3.05) is 24.5 Å². The molecule has 0 saturated carbocycles. The van der Waals surface area contributed by atoms with Crippen molar-refractivity contribution in [3.8, 4) is 11.3 Å². The average Bonchev–Trinajstić information content (AvgIpc) is 2.80. The molecule has 3 aromatic rings. The van der Waals surface area contributed by atoms with Gasteiger partial charge in [0.2, 0.25) is 5.91 Å². The number of hydrogen-bond acceptors (Lipinski definition) is 4. The number of nitrogens with zero attached hydrogens (tertiary/aromatic N) is 3. The van der Waals surface area contributed by atoms with E-state index in [1.165, 1.54) is 5.56 Å². The predicted octanol–water partition coefficient (Wildman–Crippen LogP) is 3.72. The van der Waals surface area contributed by atoms with Crippen molar-refractivity contribution < 1.29 is 4.79 Å². The monoisotopic (exact) mass is 386 g/mol. The highest BCUT2D eigenvalue weighted by molar-refractivity contribution is 5.79. The standard InChI is InChI=1S/C24H26N4O/c29-24(25-16-15-19-8-3-1-4-9-19)21-12-7-17-28(18-21)23-14-13-22(26-27-23)20-10-5-2-6-11-20/h1-6,8-11,13-14,21H,7,12,15-18H2,(H,25,29)/t21-/m1/s1. The third-order valence-electron chi connectivity index (χ3n) is 5.39. The number of amides is 1. The quantitative estimate of drug-likeness (QED) is 0.701. The maximum atomic E-state index is 12.6. The summed E-state index contributed by atoms with van der Waals surface area (Å²) in [5.74, 6) is 0.973. The molecule has 0 radical (unpaired) electrons. The molecule has 0 spiro atoms. The maximum Gasteiger partial charge on any atom is 0.224 e. The van der Waals surface area contributed by atoms with E-state index in [1.54, 1.807) is 0 Å². The lowest BCUT2D eigenvalue weighted by Crippen LogP contribution is -2.43. The van der Waals surface area contributed by atoms with Crippen LogP contribution in [0.1, 0.15) is 18.4 Å². The summed E-state index contributed by atoms with van der Waals surface area (Å²) >= 11 is 0. The first kappa shape index (κ1) is 19.1. The van der Waals surface area contributed by atoms with Crippen molar-refractivity contribution in [3.05, 3.63) is 78.4 Å². The Morgan fingerprint density at radius 3 is 2.45 bits per heavy atom. The molecule has 1 amide bonds. The Kier molecular flexibility index (Phi) is 6.15. The summed E-state index contributed by atoms with van der Waals surface area (Å²) in [6, 6.07) is 24.3. The van der Waals surface area contributed by atoms with Crippen molar-refractivity contribution in [1.29, 1.82) is 0 Å². The summed E-state index contributed by atoms with van der Waals surface area (Å²) in [6.07, 6.45) is 2.76. The SMILES string of the molecule is O=C(NCCc1ccccc1)[C@@H]1CCCN(c2ccc(-c3ccccc3)nn2)C1. The van der Waals surface area contributed by atoms with Crippen molar-refractivity contribution in [2.45, 2.75) is 19.3 Å². The van der Waals surface area contributed by atoms with Crippen LogP contribution in [-0.4, -0.2) is 35.7 Å². The van der Waals surface area contributed by atoms with E-state index in [4.69, 9.17) is 0 Å². The summed E-state index contributed by atoms with van der Waals surface area (Å²) in [4.78, 5) is 14.8. The molecule has 148 valence electrons. The molecular formula is C24H26N4O. The molecule has 4 rings (SSSR count). The highest BCUT2D eigenvalue weighted by Gasteiger charge is 2.26. The minimum atomic E-state index is -0.00452. The van der Waals surface area contributed by atoms with Gasteiger partial charge in [-0.25, -0.2) is 0 Å². The average molecular weight is 386 g/mol. The van der Waals surface area contributed by atoms with Crippen LogP contribution in [0.5, 0.6) is 0 Å². The summed E-state index contributed by atoms with van der Waals surface area (Å²) in [5, 5.41) is 11.9. The molecule has 0 aliphatic carbocycles. The minimum Gasteiger partial charge on any atom is -0.355 e. The zero-order valence-electron chi connectivity index (χ0n) is 16.5. The number of carbonyl (C=O) groups excluding carboxylic acids is 1. The third-order valence-corrected chi connectivity index (χ3v) is 5.39. The molecule has 1 aliphatic rings. The summed E-state index contributed by atoms with van der Waals surface area (Å²) < 4.78 is 0. The third kappa shape index (κ3) is 4.99. The molecule has 1 atom stereocenters. The number of anilines is 1. The highest BCUT2D eigenvalue weighted by Crippen LogP contribution is 2.23. The predicted molar refractivity (Wildman–Crippen MR) is 116 cm³/mol. The lowest BCUT2D eigenvalue weighted by Gasteiger charge is -2.32. The fraction of sp³-hybridized carbons (Fsp3) is 0.292. The van der Waals surface area contributed by atoms with Gasteiger partial charge in [0, 0.05) is 25.2 Å². The van der Waals surface area contributed by atoms with E-state index in [2.05, 4.69) is 32.5 Å². The van der Waals surface area contributed by atoms with Crippen molar-refractivity contribution in [2.24, 2.45) is 5.92 Å². The largest absolute Gasteiger partial charge is 0.355 e. The van der Waals surface area contributed by atoms with E-state index in [0.29, 0.717) is 13.1 Å². The second kappa shape index (κ2) is 9.32. The van der Waals surface area contributed by atoms with E-state index in [-0.39, 0.29) is 11.8 Å². The van der Waals surface area contributed by atoms with Gasteiger partial charge in [-0.1, -0.05) is 60.7 Å². The molecular weight excluding hydrogens is 360 g/mol. The van der Waals surface area contributed by atoms with E-state index in [1.807, 2.05) is 60.7 Å². The van der Waals surface area contributed by atoms with Gasteiger partial charge in [-0.15, -0.1) is 10.2 Å². The molecule has 1 N–H and O–H groups in total. The first-order chi connectivity index (χ1) is 14.3. The van der Waals surface area contributed by atoms with Gasteiger partial charge in [0.1, 0.15) is 0 Å². The molecule has 0 bridgehead atoms. The molecule has 1 saturated heterocycles. The number of rotatable bonds is 6. The van der Waals surface area contributed by atoms with Gasteiger partial charge in [-0.3, -0.25) is 4.79 Å². The van der Waals surface area contributed by atoms with Crippen LogP contribution >= 0.6 is 0 Å². The molecule has 29 heavy (non-hydrogen) atoms. The highest BCUT2D eigenvalue weighted by atomic mass is 16.1. The van der Waals surface area contributed by atoms with Crippen molar-refractivity contribution >= 4 is 11.7 Å². The Labute approximate surface area is 171 Å². The molecule has 2 heterocycles. The molecule has 2 aromatic carbocycles. The minimum absolute atomic E-state index is 0.00452. The van der Waals surface area contributed by atoms with Crippen molar-refractivity contribution in [1.82, 2.24) is 15.5 Å². The van der Waals surface area contributed by atoms with E-state index >= 15 is 0 Å². The van der Waals surface area contributed by atoms with Gasteiger partial charge in [0.15, 0.2) is 5.82 Å². The van der Waals surface area contributed by atoms with Crippen LogP contribution in [0, 0.1) is 5.92 Å². The molecule has 0 unspecified atom stereocenters. The summed E-state index contributed by atoms with van der Waals surface area (Å²) in [7, 11) is 0. The van der Waals surface area contributed by atoms with Gasteiger partial charge < -0.3 is 10.2 Å². The van der Waals surface area contributed by atoms with Gasteiger partial charge >= 0.3 is 0 Å². The fourth-order valence-corrected chi connectivity index (χ4v) is 3.78. The van der Waals surface area contributed by atoms with E-state index in [0.717, 1.165) is 42.9 Å². The van der Waals surface area contributed by atoms with E-state index < -0.39 is 0 Å². The van der Waals surface area contributed by atoms with Crippen LogP contribution in [0.2, 0.25) is 0 Å². The Bertz CT molecular complexity index is 913. The summed E-state index contributed by atoms with van der Waals surface area (Å²) in [5.41, 5.74) is 3.16. The normalized spacial score (nSPS) is 16.4. The Hall–Kier alpha value is -3.21. The lowest BCUT2D eigenvalue weighted by atomic mass is 9.97. The van der Waals surface area contributed by atoms with Gasteiger partial charge in [-0.2, -0.15) is 0 Å². The molecule has 5 heteroatoms. The molecule has 1 aliphatic heterocycles. The lowest BCUT2D eigenvalue weighted by molar-refractivity contribution is -0.125. The topological polar surface area (TPSA) is 58.1 Å². The first-order valence-electron chi connectivity index (χ1n) is 10.3. The Morgan fingerprint density at radius 1 is 0.966 bits per heavy atom. The van der Waals surface area contributed by atoms with Crippen LogP contribution in [0.15, 0.2) is 72.8 Å². The number of nitrogens with one attached hydrogen (secondary N) is 1. The van der Waals surface area contributed by atoms with Gasteiger partial charge in [0.25, 0.3) is 0 Å². The number of aromatic nitrogens is 2. The number of benzene rings is 2. The maximum absolute atomic E-state index is 12.6. The smallest absolute Gasteiger partial charge is 0.224 e. The van der Waals surface area contributed by atoms with Crippen LogP contribution in [0.3, 0.4) is 0 Å². The molecule has 1 aromatic heterocycles. The van der Waals surface area contributed by atoms with Gasteiger partial charge in [-0.05, 0) is 37.0 Å². The molecule has 5 nitrogen and oxygen atoms in total. The number of carbonyl (C=O) groups is 1. The second-order valence-electron chi connectivity index (χ2n) is 7.45.